The van der Waals surface area contributed by atoms with Crippen LogP contribution in [0.1, 0.15) is 38.2 Å². The Morgan fingerprint density at radius 2 is 2.00 bits per heavy atom. The van der Waals surface area contributed by atoms with Crippen molar-refractivity contribution in [1.29, 1.82) is 0 Å². The summed E-state index contributed by atoms with van der Waals surface area (Å²) in [6.45, 7) is 2.67. The molecule has 0 atom stereocenters. The number of nitrogens with one attached hydrogen (secondary N) is 2. The maximum Gasteiger partial charge on any atom is 0.319 e. The molecule has 0 spiro atoms. The molecule has 0 aromatic heterocycles. The van der Waals surface area contributed by atoms with Crippen molar-refractivity contribution < 1.29 is 14.3 Å². The van der Waals surface area contributed by atoms with Crippen LogP contribution >= 0.6 is 0 Å². The number of hydrogen-bond acceptors (Lipinski definition) is 3. The van der Waals surface area contributed by atoms with E-state index in [0.29, 0.717) is 13.0 Å². The van der Waals surface area contributed by atoms with Gasteiger partial charge >= 0.3 is 12.0 Å². The first-order valence-electron chi connectivity index (χ1n) is 7.36. The molecule has 0 saturated carbocycles. The molecule has 0 radical (unpaired) electrons. The topological polar surface area (TPSA) is 67.4 Å². The molecule has 0 heterocycles. The van der Waals surface area contributed by atoms with Gasteiger partial charge < -0.3 is 15.4 Å². The fourth-order valence-corrected chi connectivity index (χ4v) is 1.92. The molecule has 1 aromatic rings. The predicted molar refractivity (Wildman–Crippen MR) is 83.3 cm³/mol. The molecule has 1 aromatic carbocycles. The second kappa shape index (κ2) is 9.80. The Hall–Kier alpha value is -2.04. The third-order valence-corrected chi connectivity index (χ3v) is 3.16. The van der Waals surface area contributed by atoms with E-state index >= 15 is 0 Å². The van der Waals surface area contributed by atoms with Crippen LogP contribution in [0.4, 0.5) is 10.5 Å². The summed E-state index contributed by atoms with van der Waals surface area (Å²) in [6.07, 6.45) is 3.90. The van der Waals surface area contributed by atoms with Crippen LogP contribution in [0.2, 0.25) is 0 Å². The number of hydrogen-bond donors (Lipinski definition) is 2. The number of ether oxygens (including phenoxy) is 1. The van der Waals surface area contributed by atoms with Crippen molar-refractivity contribution in [2.24, 2.45) is 0 Å². The van der Waals surface area contributed by atoms with E-state index in [0.717, 1.165) is 31.4 Å². The Morgan fingerprint density at radius 1 is 1.19 bits per heavy atom. The van der Waals surface area contributed by atoms with Crippen molar-refractivity contribution in [1.82, 2.24) is 5.32 Å². The summed E-state index contributed by atoms with van der Waals surface area (Å²) < 4.78 is 4.56. The summed E-state index contributed by atoms with van der Waals surface area (Å²) in [5.41, 5.74) is 1.99. The van der Waals surface area contributed by atoms with E-state index < -0.39 is 0 Å². The van der Waals surface area contributed by atoms with Gasteiger partial charge in [0.1, 0.15) is 0 Å². The molecule has 2 amide bonds. The molecule has 0 aliphatic heterocycles. The number of unbranched alkanes of at least 4 members (excludes halogenated alkanes) is 2. The number of carbonyl (C=O) groups is 2. The SMILES string of the molecule is CCc1cccc(NC(=O)NCCCCCC(=O)OC)c1. The maximum absolute atomic E-state index is 11.7. The van der Waals surface area contributed by atoms with E-state index in [4.69, 9.17) is 0 Å². The third kappa shape index (κ3) is 7.34. The molecule has 0 aliphatic rings. The van der Waals surface area contributed by atoms with E-state index in [1.807, 2.05) is 24.3 Å². The normalized spacial score (nSPS) is 10.0. The molecule has 2 N–H and O–H groups in total. The summed E-state index contributed by atoms with van der Waals surface area (Å²) in [5.74, 6) is -0.184. The first kappa shape index (κ1) is 17.0. The van der Waals surface area contributed by atoms with Gasteiger partial charge in [0.05, 0.1) is 7.11 Å². The van der Waals surface area contributed by atoms with Gasteiger partial charge in [-0.1, -0.05) is 25.5 Å². The van der Waals surface area contributed by atoms with Gasteiger partial charge in [-0.15, -0.1) is 0 Å². The van der Waals surface area contributed by atoms with Crippen LogP contribution in [0.3, 0.4) is 0 Å². The highest BCUT2D eigenvalue weighted by Crippen LogP contribution is 2.10. The highest BCUT2D eigenvalue weighted by Gasteiger charge is 2.02. The van der Waals surface area contributed by atoms with Crippen LogP contribution in [0.15, 0.2) is 24.3 Å². The smallest absolute Gasteiger partial charge is 0.319 e. The number of benzene rings is 1. The quantitative estimate of drug-likeness (QED) is 0.571. The Labute approximate surface area is 126 Å². The first-order chi connectivity index (χ1) is 10.2. The lowest BCUT2D eigenvalue weighted by atomic mass is 10.1. The number of amides is 2. The van der Waals surface area contributed by atoms with Gasteiger partial charge in [0, 0.05) is 18.7 Å². The summed E-state index contributed by atoms with van der Waals surface area (Å²) in [4.78, 5) is 22.6. The molecule has 5 nitrogen and oxygen atoms in total. The van der Waals surface area contributed by atoms with Gasteiger partial charge in [-0.05, 0) is 37.0 Å². The van der Waals surface area contributed by atoms with Crippen molar-refractivity contribution in [3.63, 3.8) is 0 Å². The minimum Gasteiger partial charge on any atom is -0.469 e. The van der Waals surface area contributed by atoms with E-state index in [9.17, 15) is 9.59 Å². The van der Waals surface area contributed by atoms with Crippen LogP contribution < -0.4 is 10.6 Å². The second-order valence-corrected chi connectivity index (χ2v) is 4.82. The number of aryl methyl sites for hydroxylation is 1. The van der Waals surface area contributed by atoms with Crippen LogP contribution in [-0.4, -0.2) is 25.7 Å². The zero-order valence-electron chi connectivity index (χ0n) is 12.8. The fraction of sp³-hybridized carbons (Fsp3) is 0.500. The van der Waals surface area contributed by atoms with Crippen LogP contribution in [-0.2, 0) is 16.0 Å². The molecule has 5 heteroatoms. The van der Waals surface area contributed by atoms with Crippen LogP contribution in [0.25, 0.3) is 0 Å². The van der Waals surface area contributed by atoms with E-state index in [2.05, 4.69) is 22.3 Å². The number of anilines is 1. The number of methoxy groups -OCH3 is 1. The second-order valence-electron chi connectivity index (χ2n) is 4.82. The van der Waals surface area contributed by atoms with Crippen molar-refractivity contribution >= 4 is 17.7 Å². The lowest BCUT2D eigenvalue weighted by Crippen LogP contribution is -2.29. The molecule has 0 bridgehead atoms. The van der Waals surface area contributed by atoms with Crippen molar-refractivity contribution in [2.45, 2.75) is 39.0 Å². The van der Waals surface area contributed by atoms with Crippen LogP contribution in [0, 0.1) is 0 Å². The summed E-state index contributed by atoms with van der Waals surface area (Å²) >= 11 is 0. The molecule has 0 fully saturated rings. The molecule has 0 saturated heterocycles. The minimum atomic E-state index is -0.198. The molecule has 1 rings (SSSR count). The number of carbonyl (C=O) groups excluding carboxylic acids is 2. The monoisotopic (exact) mass is 292 g/mol. The number of rotatable bonds is 8. The van der Waals surface area contributed by atoms with Gasteiger partial charge in [0.2, 0.25) is 0 Å². The molecule has 116 valence electrons. The van der Waals surface area contributed by atoms with Gasteiger partial charge in [-0.25, -0.2) is 4.79 Å². The van der Waals surface area contributed by atoms with Crippen molar-refractivity contribution in [3.8, 4) is 0 Å². The molecular weight excluding hydrogens is 268 g/mol. The Bertz CT molecular complexity index is 461. The predicted octanol–water partition coefficient (Wildman–Crippen LogP) is 3.10. The highest BCUT2D eigenvalue weighted by atomic mass is 16.5. The van der Waals surface area contributed by atoms with E-state index in [-0.39, 0.29) is 12.0 Å². The lowest BCUT2D eigenvalue weighted by Gasteiger charge is -2.08. The van der Waals surface area contributed by atoms with Gasteiger partial charge in [-0.2, -0.15) is 0 Å². The minimum absolute atomic E-state index is 0.184. The summed E-state index contributed by atoms with van der Waals surface area (Å²) in [6, 6.07) is 7.60. The maximum atomic E-state index is 11.7. The average Bonchev–Trinajstić information content (AvgIpc) is 2.50. The van der Waals surface area contributed by atoms with E-state index in [1.165, 1.54) is 12.7 Å². The Morgan fingerprint density at radius 3 is 2.71 bits per heavy atom. The zero-order valence-corrected chi connectivity index (χ0v) is 12.8. The molecule has 21 heavy (non-hydrogen) atoms. The Balaban J connectivity index is 2.15. The van der Waals surface area contributed by atoms with Gasteiger partial charge in [0.25, 0.3) is 0 Å². The largest absolute Gasteiger partial charge is 0.469 e. The zero-order chi connectivity index (χ0) is 15.5. The van der Waals surface area contributed by atoms with Crippen LogP contribution in [0.5, 0.6) is 0 Å². The summed E-state index contributed by atoms with van der Waals surface area (Å²) in [5, 5.41) is 5.62. The molecule has 0 aliphatic carbocycles. The van der Waals surface area contributed by atoms with Gasteiger partial charge in [0.15, 0.2) is 0 Å². The fourth-order valence-electron chi connectivity index (χ4n) is 1.92. The Kier molecular flexibility index (Phi) is 7.94. The molecule has 0 unspecified atom stereocenters. The number of urea groups is 1. The van der Waals surface area contributed by atoms with Crippen molar-refractivity contribution in [2.75, 3.05) is 19.0 Å². The average molecular weight is 292 g/mol. The highest BCUT2D eigenvalue weighted by molar-refractivity contribution is 5.89. The summed E-state index contributed by atoms with van der Waals surface area (Å²) in [7, 11) is 1.39. The molecular formula is C16H24N2O3. The number of esters is 1. The van der Waals surface area contributed by atoms with Gasteiger partial charge in [-0.3, -0.25) is 4.79 Å². The van der Waals surface area contributed by atoms with Crippen molar-refractivity contribution in [3.05, 3.63) is 29.8 Å². The third-order valence-electron chi connectivity index (χ3n) is 3.16. The van der Waals surface area contributed by atoms with E-state index in [1.54, 1.807) is 0 Å². The standard InChI is InChI=1S/C16H24N2O3/c1-3-13-8-7-9-14(12-13)18-16(20)17-11-6-4-5-10-15(19)21-2/h7-9,12H,3-6,10-11H2,1-2H3,(H2,17,18,20). The lowest BCUT2D eigenvalue weighted by molar-refractivity contribution is -0.140. The first-order valence-corrected chi connectivity index (χ1v) is 7.36.